The fourth-order valence-corrected chi connectivity index (χ4v) is 3.50. The van der Waals surface area contributed by atoms with Crippen molar-refractivity contribution >= 4 is 22.9 Å². The molecule has 0 aliphatic heterocycles. The Bertz CT molecular complexity index is 1090. The van der Waals surface area contributed by atoms with Gasteiger partial charge in [-0.3, -0.25) is 9.48 Å². The molecule has 0 radical (unpaired) electrons. The third-order valence-electron chi connectivity index (χ3n) is 4.16. The van der Waals surface area contributed by atoms with Crippen molar-refractivity contribution in [3.05, 3.63) is 72.4 Å². The molecule has 0 saturated carbocycles. The van der Waals surface area contributed by atoms with Gasteiger partial charge < -0.3 is 10.1 Å². The number of hydrogen-bond donors (Lipinski definition) is 1. The molecule has 2 heterocycles. The number of carbonyl (C=O) groups is 1. The van der Waals surface area contributed by atoms with Gasteiger partial charge in [-0.1, -0.05) is 30.3 Å². The maximum absolute atomic E-state index is 12.4. The van der Waals surface area contributed by atoms with Crippen LogP contribution >= 0.6 is 11.3 Å². The molecule has 0 atom stereocenters. The van der Waals surface area contributed by atoms with E-state index in [0.29, 0.717) is 11.4 Å². The molecule has 2 aromatic heterocycles. The second-order valence-electron chi connectivity index (χ2n) is 6.07. The van der Waals surface area contributed by atoms with Gasteiger partial charge in [-0.25, -0.2) is 4.98 Å². The van der Waals surface area contributed by atoms with Crippen molar-refractivity contribution in [2.24, 2.45) is 0 Å². The number of anilines is 1. The quantitative estimate of drug-likeness (QED) is 0.532. The number of amides is 1. The lowest BCUT2D eigenvalue weighted by Gasteiger charge is -2.09. The number of para-hydroxylation sites is 2. The molecule has 4 aromatic rings. The van der Waals surface area contributed by atoms with Crippen molar-refractivity contribution in [3.8, 4) is 27.6 Å². The van der Waals surface area contributed by atoms with Gasteiger partial charge in [0.2, 0.25) is 5.91 Å². The Kier molecular flexibility index (Phi) is 5.16. The monoisotopic (exact) mass is 390 g/mol. The summed E-state index contributed by atoms with van der Waals surface area (Å²) in [5, 5.41) is 10.3. The van der Waals surface area contributed by atoms with Crippen molar-refractivity contribution in [2.45, 2.75) is 6.54 Å². The fourth-order valence-electron chi connectivity index (χ4n) is 2.87. The molecular weight excluding hydrogens is 372 g/mol. The van der Waals surface area contributed by atoms with E-state index in [1.165, 1.54) is 0 Å². The number of carbonyl (C=O) groups excluding carboxylic acids is 1. The number of aromatic nitrogens is 3. The lowest BCUT2D eigenvalue weighted by molar-refractivity contribution is -0.116. The van der Waals surface area contributed by atoms with Gasteiger partial charge in [0.15, 0.2) is 0 Å². The SMILES string of the molecule is COc1ccccc1NC(=O)Cn1ccc(-c2cccc(-c3nccs3)c2)n1. The Morgan fingerprint density at radius 3 is 2.82 bits per heavy atom. The molecule has 6 nitrogen and oxygen atoms in total. The predicted molar refractivity (Wildman–Crippen MR) is 110 cm³/mol. The second kappa shape index (κ2) is 8.06. The minimum atomic E-state index is -0.171. The molecule has 140 valence electrons. The molecule has 0 spiro atoms. The number of hydrogen-bond acceptors (Lipinski definition) is 5. The topological polar surface area (TPSA) is 69.0 Å². The smallest absolute Gasteiger partial charge is 0.246 e. The second-order valence-corrected chi connectivity index (χ2v) is 6.96. The Morgan fingerprint density at radius 1 is 1.14 bits per heavy atom. The van der Waals surface area contributed by atoms with Crippen LogP contribution < -0.4 is 10.1 Å². The average molecular weight is 390 g/mol. The predicted octanol–water partition coefficient (Wildman–Crippen LogP) is 4.32. The molecule has 0 bridgehead atoms. The molecule has 0 saturated heterocycles. The molecule has 0 aliphatic carbocycles. The minimum Gasteiger partial charge on any atom is -0.495 e. The van der Waals surface area contributed by atoms with Crippen molar-refractivity contribution < 1.29 is 9.53 Å². The molecule has 7 heteroatoms. The van der Waals surface area contributed by atoms with Gasteiger partial charge in [-0.05, 0) is 24.3 Å². The third-order valence-corrected chi connectivity index (χ3v) is 4.99. The zero-order valence-corrected chi connectivity index (χ0v) is 16.0. The average Bonchev–Trinajstić information content (AvgIpc) is 3.41. The Balaban J connectivity index is 1.47. The Hall–Kier alpha value is -3.45. The summed E-state index contributed by atoms with van der Waals surface area (Å²) >= 11 is 1.60. The van der Waals surface area contributed by atoms with Gasteiger partial charge in [0.05, 0.1) is 18.5 Å². The van der Waals surface area contributed by atoms with E-state index in [1.807, 2.05) is 41.8 Å². The van der Waals surface area contributed by atoms with Gasteiger partial charge in [-0.15, -0.1) is 11.3 Å². The van der Waals surface area contributed by atoms with Crippen LogP contribution in [0.5, 0.6) is 5.75 Å². The first-order valence-electron chi connectivity index (χ1n) is 8.69. The maximum atomic E-state index is 12.4. The summed E-state index contributed by atoms with van der Waals surface area (Å²) in [7, 11) is 1.57. The summed E-state index contributed by atoms with van der Waals surface area (Å²) in [6.45, 7) is 0.115. The lowest BCUT2D eigenvalue weighted by Crippen LogP contribution is -2.19. The number of nitrogens with one attached hydrogen (secondary N) is 1. The van der Waals surface area contributed by atoms with Crippen molar-refractivity contribution in [1.82, 2.24) is 14.8 Å². The van der Waals surface area contributed by atoms with Crippen LogP contribution in [0.1, 0.15) is 0 Å². The van der Waals surface area contributed by atoms with Crippen LogP contribution in [-0.4, -0.2) is 27.8 Å². The van der Waals surface area contributed by atoms with Gasteiger partial charge in [0.25, 0.3) is 0 Å². The highest BCUT2D eigenvalue weighted by Crippen LogP contribution is 2.27. The molecular formula is C21H18N4O2S. The van der Waals surface area contributed by atoms with E-state index in [2.05, 4.69) is 21.5 Å². The zero-order valence-electron chi connectivity index (χ0n) is 15.2. The number of benzene rings is 2. The van der Waals surface area contributed by atoms with E-state index in [-0.39, 0.29) is 12.5 Å². The summed E-state index contributed by atoms with van der Waals surface area (Å²) in [6.07, 6.45) is 3.59. The highest BCUT2D eigenvalue weighted by atomic mass is 32.1. The van der Waals surface area contributed by atoms with Crippen molar-refractivity contribution in [3.63, 3.8) is 0 Å². The number of thiazole rings is 1. The largest absolute Gasteiger partial charge is 0.495 e. The number of ether oxygens (including phenoxy) is 1. The summed E-state index contributed by atoms with van der Waals surface area (Å²) in [6, 6.07) is 17.3. The van der Waals surface area contributed by atoms with Crippen LogP contribution in [0.15, 0.2) is 72.4 Å². The molecule has 1 amide bonds. The van der Waals surface area contributed by atoms with Crippen LogP contribution in [0.3, 0.4) is 0 Å². The molecule has 2 aromatic carbocycles. The van der Waals surface area contributed by atoms with E-state index in [1.54, 1.807) is 47.7 Å². The van der Waals surface area contributed by atoms with Gasteiger partial charge >= 0.3 is 0 Å². The van der Waals surface area contributed by atoms with Crippen LogP contribution in [0.2, 0.25) is 0 Å². The molecule has 0 unspecified atom stereocenters. The lowest BCUT2D eigenvalue weighted by atomic mass is 10.1. The normalized spacial score (nSPS) is 10.6. The molecule has 1 N–H and O–H groups in total. The summed E-state index contributed by atoms with van der Waals surface area (Å²) in [4.78, 5) is 16.7. The van der Waals surface area contributed by atoms with Crippen LogP contribution in [-0.2, 0) is 11.3 Å². The van der Waals surface area contributed by atoms with Crippen LogP contribution in [0, 0.1) is 0 Å². The molecule has 28 heavy (non-hydrogen) atoms. The zero-order chi connectivity index (χ0) is 19.3. The minimum absolute atomic E-state index is 0.115. The van der Waals surface area contributed by atoms with E-state index in [0.717, 1.165) is 21.8 Å². The first kappa shape index (κ1) is 17.9. The van der Waals surface area contributed by atoms with Gasteiger partial charge in [-0.2, -0.15) is 5.10 Å². The molecule has 0 aliphatic rings. The highest BCUT2D eigenvalue weighted by Gasteiger charge is 2.10. The standard InChI is InChI=1S/C21H18N4O2S/c1-27-19-8-3-2-7-18(19)23-20(26)14-25-11-9-17(24-25)15-5-4-6-16(13-15)21-22-10-12-28-21/h2-13H,14H2,1H3,(H,23,26). The van der Waals surface area contributed by atoms with Crippen molar-refractivity contribution in [2.75, 3.05) is 12.4 Å². The van der Waals surface area contributed by atoms with E-state index in [4.69, 9.17) is 4.74 Å². The Morgan fingerprint density at radius 2 is 2.00 bits per heavy atom. The summed E-state index contributed by atoms with van der Waals surface area (Å²) in [5.41, 5.74) is 3.48. The molecule has 4 rings (SSSR count). The summed E-state index contributed by atoms with van der Waals surface area (Å²) < 4.78 is 6.88. The number of rotatable bonds is 6. The molecule has 0 fully saturated rings. The van der Waals surface area contributed by atoms with Gasteiger partial charge in [0, 0.05) is 28.9 Å². The highest BCUT2D eigenvalue weighted by molar-refractivity contribution is 7.13. The van der Waals surface area contributed by atoms with E-state index < -0.39 is 0 Å². The number of nitrogens with zero attached hydrogens (tertiary/aromatic N) is 3. The van der Waals surface area contributed by atoms with E-state index >= 15 is 0 Å². The van der Waals surface area contributed by atoms with Crippen LogP contribution in [0.4, 0.5) is 5.69 Å². The van der Waals surface area contributed by atoms with Crippen LogP contribution in [0.25, 0.3) is 21.8 Å². The maximum Gasteiger partial charge on any atom is 0.246 e. The first-order valence-corrected chi connectivity index (χ1v) is 9.57. The number of methoxy groups -OCH3 is 1. The van der Waals surface area contributed by atoms with Crippen molar-refractivity contribution in [1.29, 1.82) is 0 Å². The summed E-state index contributed by atoms with van der Waals surface area (Å²) in [5.74, 6) is 0.451. The van der Waals surface area contributed by atoms with Gasteiger partial charge in [0.1, 0.15) is 17.3 Å². The third kappa shape index (κ3) is 3.94. The first-order chi connectivity index (χ1) is 13.7. The van der Waals surface area contributed by atoms with E-state index in [9.17, 15) is 4.79 Å². The fraction of sp³-hybridized carbons (Fsp3) is 0.0952. The Labute approximate surface area is 166 Å².